The fraction of sp³-hybridized carbons (Fsp3) is 0.375. The third kappa shape index (κ3) is 3.50. The van der Waals surface area contributed by atoms with Crippen molar-refractivity contribution >= 4 is 46.9 Å². The monoisotopic (exact) mass is 439 g/mol. The van der Waals surface area contributed by atoms with Gasteiger partial charge in [-0.05, 0) is 45.0 Å². The first-order valence-electron chi connectivity index (χ1n) is 10.7. The topological polar surface area (TPSA) is 37.3 Å². The van der Waals surface area contributed by atoms with Crippen LogP contribution < -0.4 is 5.32 Å². The summed E-state index contributed by atoms with van der Waals surface area (Å²) in [6.07, 6.45) is 0. The van der Waals surface area contributed by atoms with Crippen LogP contribution in [0.2, 0.25) is 0 Å². The maximum Gasteiger partial charge on any atom is 0.240 e. The molecule has 1 N–H and O–H groups in total. The number of nitrogens with one attached hydrogen (secondary N) is 1. The van der Waals surface area contributed by atoms with Gasteiger partial charge in [0, 0.05) is 64.5 Å². The minimum Gasteiger partial charge on any atom is -0.385 e. The number of anilines is 1. The highest BCUT2D eigenvalue weighted by molar-refractivity contribution is 8.00. The zero-order valence-electron chi connectivity index (χ0n) is 17.8. The third-order valence-corrected chi connectivity index (χ3v) is 7.24. The highest BCUT2D eigenvalue weighted by atomic mass is 32.2. The van der Waals surface area contributed by atoms with E-state index in [-0.39, 0.29) is 11.2 Å². The standard InChI is InChI=1S/C24H29N3OS2/c1-4-25-16-11-12-19-18(15-16)21-22(27(19)13-14-29)17-9-7-8-10-20(17)30-23(21)24(28)26(5-2)6-3/h7-12,15,23,25,29H,4-6,13-14H2,1-3H3. The van der Waals surface area contributed by atoms with Crippen LogP contribution in [0.25, 0.3) is 22.2 Å². The van der Waals surface area contributed by atoms with E-state index >= 15 is 0 Å². The molecule has 6 heteroatoms. The SMILES string of the molecule is CCNc1ccc2c(c1)c1c(n2CCS)-c2ccccc2SC1C(=O)N(CC)CC. The van der Waals surface area contributed by atoms with E-state index < -0.39 is 0 Å². The highest BCUT2D eigenvalue weighted by Gasteiger charge is 2.37. The molecule has 30 heavy (non-hydrogen) atoms. The summed E-state index contributed by atoms with van der Waals surface area (Å²) in [6.45, 7) is 9.33. The van der Waals surface area contributed by atoms with Gasteiger partial charge in [0.1, 0.15) is 5.25 Å². The van der Waals surface area contributed by atoms with Crippen molar-refractivity contribution in [2.45, 2.75) is 37.5 Å². The molecule has 1 unspecified atom stereocenters. The average Bonchev–Trinajstić information content (AvgIpc) is 3.08. The zero-order valence-corrected chi connectivity index (χ0v) is 19.5. The fourth-order valence-electron chi connectivity index (χ4n) is 4.41. The van der Waals surface area contributed by atoms with Gasteiger partial charge in [0.2, 0.25) is 5.91 Å². The molecule has 0 aliphatic carbocycles. The summed E-state index contributed by atoms with van der Waals surface area (Å²) in [5.74, 6) is 0.939. The van der Waals surface area contributed by atoms with E-state index in [1.165, 1.54) is 21.7 Å². The maximum atomic E-state index is 13.6. The van der Waals surface area contributed by atoms with E-state index in [4.69, 9.17) is 0 Å². The van der Waals surface area contributed by atoms with Crippen molar-refractivity contribution in [3.8, 4) is 11.3 Å². The van der Waals surface area contributed by atoms with Gasteiger partial charge in [0.15, 0.2) is 0 Å². The maximum absolute atomic E-state index is 13.6. The first-order chi connectivity index (χ1) is 14.6. The Morgan fingerprint density at radius 1 is 1.17 bits per heavy atom. The van der Waals surface area contributed by atoms with Crippen LogP contribution in [0.1, 0.15) is 31.6 Å². The first kappa shape index (κ1) is 21.2. The number of nitrogens with zero attached hydrogens (tertiary/aromatic N) is 2. The number of fused-ring (bicyclic) bond motifs is 5. The summed E-state index contributed by atoms with van der Waals surface area (Å²) in [6, 6.07) is 15.0. The number of thiol groups is 1. The number of likely N-dealkylation sites (N-methyl/N-ethyl adjacent to an activating group) is 1. The molecule has 2 heterocycles. The van der Waals surface area contributed by atoms with Gasteiger partial charge in [0.25, 0.3) is 0 Å². The van der Waals surface area contributed by atoms with Gasteiger partial charge >= 0.3 is 0 Å². The number of thioether (sulfide) groups is 1. The lowest BCUT2D eigenvalue weighted by molar-refractivity contribution is -0.130. The molecule has 3 aromatic rings. The zero-order chi connectivity index (χ0) is 21.3. The summed E-state index contributed by atoms with van der Waals surface area (Å²) in [7, 11) is 0. The molecule has 4 nitrogen and oxygen atoms in total. The lowest BCUT2D eigenvalue weighted by atomic mass is 10.00. The number of carbonyl (C=O) groups excluding carboxylic acids is 1. The van der Waals surface area contributed by atoms with E-state index in [2.05, 4.69) is 85.7 Å². The predicted octanol–water partition coefficient (Wildman–Crippen LogP) is 5.69. The second-order valence-electron chi connectivity index (χ2n) is 7.40. The van der Waals surface area contributed by atoms with Crippen LogP contribution in [-0.2, 0) is 11.3 Å². The van der Waals surface area contributed by atoms with Crippen molar-refractivity contribution in [3.05, 3.63) is 48.0 Å². The third-order valence-electron chi connectivity index (χ3n) is 5.76. The van der Waals surface area contributed by atoms with Crippen molar-refractivity contribution in [1.29, 1.82) is 0 Å². The minimum absolute atomic E-state index is 0.194. The second-order valence-corrected chi connectivity index (χ2v) is 9.00. The molecule has 1 amide bonds. The number of hydrogen-bond acceptors (Lipinski definition) is 4. The highest BCUT2D eigenvalue weighted by Crippen LogP contribution is 2.53. The molecule has 4 rings (SSSR count). The van der Waals surface area contributed by atoms with Gasteiger partial charge in [-0.2, -0.15) is 12.6 Å². The molecular formula is C24H29N3OS2. The molecule has 0 bridgehead atoms. The molecule has 1 aromatic heterocycles. The second kappa shape index (κ2) is 8.98. The largest absolute Gasteiger partial charge is 0.385 e. The van der Waals surface area contributed by atoms with Crippen molar-refractivity contribution in [2.75, 3.05) is 30.7 Å². The van der Waals surface area contributed by atoms with Crippen LogP contribution in [0, 0.1) is 0 Å². The van der Waals surface area contributed by atoms with Crippen molar-refractivity contribution in [3.63, 3.8) is 0 Å². The quantitative estimate of drug-likeness (QED) is 0.465. The van der Waals surface area contributed by atoms with Gasteiger partial charge in [-0.1, -0.05) is 18.2 Å². The molecule has 0 radical (unpaired) electrons. The molecule has 0 saturated heterocycles. The smallest absolute Gasteiger partial charge is 0.240 e. The summed E-state index contributed by atoms with van der Waals surface area (Å²) in [4.78, 5) is 16.7. The Bertz CT molecular complexity index is 1070. The number of carbonyl (C=O) groups is 1. The first-order valence-corrected chi connectivity index (χ1v) is 12.2. The van der Waals surface area contributed by atoms with Gasteiger partial charge in [-0.3, -0.25) is 4.79 Å². The van der Waals surface area contributed by atoms with Crippen LogP contribution in [0.4, 0.5) is 5.69 Å². The number of benzene rings is 2. The molecule has 0 spiro atoms. The molecule has 1 atom stereocenters. The summed E-state index contributed by atoms with van der Waals surface area (Å²) in [5.41, 5.74) is 5.79. The van der Waals surface area contributed by atoms with Crippen LogP contribution in [-0.4, -0.2) is 40.8 Å². The Morgan fingerprint density at radius 2 is 1.93 bits per heavy atom. The molecule has 0 fully saturated rings. The Morgan fingerprint density at radius 3 is 2.63 bits per heavy atom. The van der Waals surface area contributed by atoms with Crippen LogP contribution >= 0.6 is 24.4 Å². The summed E-state index contributed by atoms with van der Waals surface area (Å²) < 4.78 is 2.36. The number of aromatic nitrogens is 1. The molecular weight excluding hydrogens is 410 g/mol. The van der Waals surface area contributed by atoms with E-state index in [1.54, 1.807) is 11.8 Å². The Balaban J connectivity index is 2.03. The van der Waals surface area contributed by atoms with Crippen LogP contribution in [0.3, 0.4) is 0 Å². The molecule has 1 aliphatic rings. The summed E-state index contributed by atoms with van der Waals surface area (Å²) >= 11 is 6.22. The Kier molecular flexibility index (Phi) is 6.34. The lowest BCUT2D eigenvalue weighted by Gasteiger charge is -2.30. The number of aryl methyl sites for hydroxylation is 1. The van der Waals surface area contributed by atoms with Crippen LogP contribution in [0.15, 0.2) is 47.4 Å². The number of rotatable bonds is 7. The Hall–Kier alpha value is -2.05. The average molecular weight is 440 g/mol. The van der Waals surface area contributed by atoms with E-state index in [0.29, 0.717) is 0 Å². The summed E-state index contributed by atoms with van der Waals surface area (Å²) in [5, 5.41) is 4.35. The van der Waals surface area contributed by atoms with Gasteiger partial charge in [-0.25, -0.2) is 0 Å². The fourth-order valence-corrected chi connectivity index (χ4v) is 5.92. The normalized spacial score (nSPS) is 15.0. The predicted molar refractivity (Wildman–Crippen MR) is 132 cm³/mol. The van der Waals surface area contributed by atoms with Crippen molar-refractivity contribution in [1.82, 2.24) is 9.47 Å². The van der Waals surface area contributed by atoms with Crippen molar-refractivity contribution < 1.29 is 4.79 Å². The van der Waals surface area contributed by atoms with Gasteiger partial charge < -0.3 is 14.8 Å². The molecule has 158 valence electrons. The lowest BCUT2D eigenvalue weighted by Crippen LogP contribution is -2.34. The van der Waals surface area contributed by atoms with Gasteiger partial charge in [-0.15, -0.1) is 11.8 Å². The molecule has 2 aromatic carbocycles. The van der Waals surface area contributed by atoms with Crippen LogP contribution in [0.5, 0.6) is 0 Å². The van der Waals surface area contributed by atoms with Crippen molar-refractivity contribution in [2.24, 2.45) is 0 Å². The van der Waals surface area contributed by atoms with Gasteiger partial charge in [0.05, 0.1) is 5.69 Å². The molecule has 1 aliphatic heterocycles. The minimum atomic E-state index is -0.240. The number of amides is 1. The van der Waals surface area contributed by atoms with E-state index in [9.17, 15) is 4.79 Å². The Labute approximate surface area is 188 Å². The molecule has 0 saturated carbocycles. The van der Waals surface area contributed by atoms with E-state index in [0.717, 1.165) is 48.6 Å². The van der Waals surface area contributed by atoms with E-state index in [1.807, 2.05) is 4.90 Å². The number of hydrogen-bond donors (Lipinski definition) is 2.